The number of rotatable bonds is 5. The number of carbonyl (C=O) groups excluding carboxylic acids is 1. The molecule has 5 nitrogen and oxygen atoms in total. The summed E-state index contributed by atoms with van der Waals surface area (Å²) in [4.78, 5) is 22.2. The molecular formula is C28H32N4O. The Hall–Kier alpha value is -3.18. The Kier molecular flexibility index (Phi) is 6.68. The van der Waals surface area contributed by atoms with Crippen LogP contribution in [-0.2, 0) is 6.42 Å². The fourth-order valence-corrected chi connectivity index (χ4v) is 5.06. The molecule has 5 heteroatoms. The van der Waals surface area contributed by atoms with Gasteiger partial charge in [0.05, 0.1) is 0 Å². The molecule has 2 aliphatic rings. The molecule has 0 bridgehead atoms. The van der Waals surface area contributed by atoms with Crippen molar-refractivity contribution in [3.05, 3.63) is 95.7 Å². The quantitative estimate of drug-likeness (QED) is 0.642. The summed E-state index contributed by atoms with van der Waals surface area (Å²) in [5, 5.41) is 3.60. The van der Waals surface area contributed by atoms with E-state index in [1.165, 1.54) is 11.1 Å². The number of nitrogens with zero attached hydrogens (tertiary/aromatic N) is 3. The zero-order chi connectivity index (χ0) is 22.5. The first-order valence-electron chi connectivity index (χ1n) is 12.1. The zero-order valence-electron chi connectivity index (χ0n) is 19.1. The van der Waals surface area contributed by atoms with Crippen molar-refractivity contribution in [1.82, 2.24) is 15.2 Å². The van der Waals surface area contributed by atoms with Gasteiger partial charge in [-0.3, -0.25) is 4.79 Å². The molecule has 0 radical (unpaired) electrons. The number of anilines is 1. The number of likely N-dealkylation sites (tertiary alicyclic amines) is 1. The van der Waals surface area contributed by atoms with Crippen LogP contribution in [-0.4, -0.2) is 48.5 Å². The fourth-order valence-electron chi connectivity index (χ4n) is 5.06. The smallest absolute Gasteiger partial charge is 0.254 e. The van der Waals surface area contributed by atoms with E-state index in [0.29, 0.717) is 5.92 Å². The molecule has 1 amide bonds. The van der Waals surface area contributed by atoms with Crippen molar-refractivity contribution in [1.29, 1.82) is 0 Å². The van der Waals surface area contributed by atoms with Crippen molar-refractivity contribution in [2.24, 2.45) is 5.92 Å². The number of piperazine rings is 1. The van der Waals surface area contributed by atoms with Crippen LogP contribution in [0.4, 0.5) is 5.82 Å². The van der Waals surface area contributed by atoms with E-state index in [9.17, 15) is 4.79 Å². The van der Waals surface area contributed by atoms with E-state index in [1.54, 1.807) is 6.20 Å². The van der Waals surface area contributed by atoms with Crippen molar-refractivity contribution < 1.29 is 4.79 Å². The van der Waals surface area contributed by atoms with Gasteiger partial charge in [0.25, 0.3) is 5.91 Å². The summed E-state index contributed by atoms with van der Waals surface area (Å²) in [7, 11) is 0. The molecule has 33 heavy (non-hydrogen) atoms. The standard InChI is InChI=1S/C28H32N4O/c33-28(31-16-12-23(13-17-31)19-22-7-3-1-4-8-22)25-11-14-30-27(20-25)32-18-15-29-26(21-32)24-9-5-2-6-10-24/h1-11,14,20,23,26,29H,12-13,15-19,21H2/t26-/m1/s1. The normalized spacial score (nSPS) is 19.5. The van der Waals surface area contributed by atoms with E-state index in [0.717, 1.165) is 63.4 Å². The largest absolute Gasteiger partial charge is 0.353 e. The number of piperidine rings is 1. The van der Waals surface area contributed by atoms with E-state index < -0.39 is 0 Å². The maximum absolute atomic E-state index is 13.3. The summed E-state index contributed by atoms with van der Waals surface area (Å²) in [5.41, 5.74) is 3.43. The molecule has 2 aromatic carbocycles. The molecule has 2 aliphatic heterocycles. The lowest BCUT2D eigenvalue weighted by atomic mass is 9.90. The fraction of sp³-hybridized carbons (Fsp3) is 0.357. The summed E-state index contributed by atoms with van der Waals surface area (Å²) in [5.74, 6) is 1.68. The highest BCUT2D eigenvalue weighted by Crippen LogP contribution is 2.25. The third-order valence-corrected chi connectivity index (χ3v) is 6.96. The van der Waals surface area contributed by atoms with Gasteiger partial charge < -0.3 is 15.1 Å². The van der Waals surface area contributed by atoms with Crippen molar-refractivity contribution >= 4 is 11.7 Å². The number of aromatic nitrogens is 1. The summed E-state index contributed by atoms with van der Waals surface area (Å²) < 4.78 is 0. The molecule has 3 heterocycles. The van der Waals surface area contributed by atoms with Crippen LogP contribution >= 0.6 is 0 Å². The number of pyridine rings is 1. The Labute approximate surface area is 196 Å². The first-order chi connectivity index (χ1) is 16.3. The SMILES string of the molecule is O=C(c1ccnc(N2CCN[C@@H](c3ccccc3)C2)c1)N1CCC(Cc2ccccc2)CC1. The lowest BCUT2D eigenvalue weighted by molar-refractivity contribution is 0.0690. The highest BCUT2D eigenvalue weighted by molar-refractivity contribution is 5.95. The molecule has 3 aromatic rings. The van der Waals surface area contributed by atoms with Crippen LogP contribution in [0.25, 0.3) is 0 Å². The highest BCUT2D eigenvalue weighted by atomic mass is 16.2. The van der Waals surface area contributed by atoms with E-state index in [-0.39, 0.29) is 11.9 Å². The minimum absolute atomic E-state index is 0.131. The second-order valence-corrected chi connectivity index (χ2v) is 9.19. The second kappa shape index (κ2) is 10.2. The van der Waals surface area contributed by atoms with Crippen molar-refractivity contribution in [2.75, 3.05) is 37.6 Å². The molecule has 0 unspecified atom stereocenters. The Morgan fingerprint density at radius 1 is 0.939 bits per heavy atom. The van der Waals surface area contributed by atoms with Gasteiger partial charge in [0.15, 0.2) is 0 Å². The van der Waals surface area contributed by atoms with E-state index in [1.807, 2.05) is 23.1 Å². The molecule has 0 spiro atoms. The van der Waals surface area contributed by atoms with Gasteiger partial charge in [0.1, 0.15) is 5.82 Å². The number of hydrogen-bond acceptors (Lipinski definition) is 4. The van der Waals surface area contributed by atoms with E-state index in [4.69, 9.17) is 0 Å². The summed E-state index contributed by atoms with van der Waals surface area (Å²) >= 11 is 0. The van der Waals surface area contributed by atoms with Crippen molar-refractivity contribution in [3.63, 3.8) is 0 Å². The molecule has 0 aliphatic carbocycles. The third kappa shape index (κ3) is 5.25. The van der Waals surface area contributed by atoms with Crippen LogP contribution < -0.4 is 10.2 Å². The molecule has 5 rings (SSSR count). The van der Waals surface area contributed by atoms with Crippen LogP contribution in [0.15, 0.2) is 79.0 Å². The van der Waals surface area contributed by atoms with Gasteiger partial charge in [0.2, 0.25) is 0 Å². The molecule has 170 valence electrons. The van der Waals surface area contributed by atoms with Crippen LogP contribution in [0.5, 0.6) is 0 Å². The molecular weight excluding hydrogens is 408 g/mol. The van der Waals surface area contributed by atoms with E-state index in [2.05, 4.69) is 69.8 Å². The second-order valence-electron chi connectivity index (χ2n) is 9.19. The molecule has 2 fully saturated rings. The Morgan fingerprint density at radius 2 is 1.67 bits per heavy atom. The lowest BCUT2D eigenvalue weighted by Crippen LogP contribution is -2.46. The summed E-state index contributed by atoms with van der Waals surface area (Å²) in [6.07, 6.45) is 5.02. The molecule has 0 saturated carbocycles. The predicted molar refractivity (Wildman–Crippen MR) is 132 cm³/mol. The van der Waals surface area contributed by atoms with Gasteiger partial charge in [-0.05, 0) is 48.4 Å². The molecule has 1 atom stereocenters. The van der Waals surface area contributed by atoms with Crippen molar-refractivity contribution in [3.8, 4) is 0 Å². The van der Waals surface area contributed by atoms with E-state index >= 15 is 0 Å². The number of amides is 1. The molecule has 1 N–H and O–H groups in total. The summed E-state index contributed by atoms with van der Waals surface area (Å²) in [6.45, 7) is 4.29. The minimum atomic E-state index is 0.131. The number of nitrogens with one attached hydrogen (secondary N) is 1. The number of benzene rings is 2. The summed E-state index contributed by atoms with van der Waals surface area (Å²) in [6, 6.07) is 25.3. The van der Waals surface area contributed by atoms with Crippen LogP contribution in [0, 0.1) is 5.92 Å². The van der Waals surface area contributed by atoms with Gasteiger partial charge in [-0.1, -0.05) is 60.7 Å². The Balaban J connectivity index is 1.21. The minimum Gasteiger partial charge on any atom is -0.353 e. The Morgan fingerprint density at radius 3 is 2.42 bits per heavy atom. The monoisotopic (exact) mass is 440 g/mol. The predicted octanol–water partition coefficient (Wildman–Crippen LogP) is 4.33. The average molecular weight is 441 g/mol. The maximum atomic E-state index is 13.3. The topological polar surface area (TPSA) is 48.5 Å². The average Bonchev–Trinajstić information content (AvgIpc) is 2.90. The zero-order valence-corrected chi connectivity index (χ0v) is 19.1. The highest BCUT2D eigenvalue weighted by Gasteiger charge is 2.26. The van der Waals surface area contributed by atoms with Gasteiger partial charge in [0, 0.05) is 50.5 Å². The van der Waals surface area contributed by atoms with Crippen LogP contribution in [0.2, 0.25) is 0 Å². The van der Waals surface area contributed by atoms with Gasteiger partial charge in [-0.15, -0.1) is 0 Å². The van der Waals surface area contributed by atoms with Crippen LogP contribution in [0.3, 0.4) is 0 Å². The Bertz CT molecular complexity index is 1050. The van der Waals surface area contributed by atoms with Gasteiger partial charge >= 0.3 is 0 Å². The first kappa shape index (κ1) is 21.7. The van der Waals surface area contributed by atoms with Crippen molar-refractivity contribution in [2.45, 2.75) is 25.3 Å². The number of carbonyl (C=O) groups is 1. The van der Waals surface area contributed by atoms with Gasteiger partial charge in [-0.2, -0.15) is 0 Å². The number of hydrogen-bond donors (Lipinski definition) is 1. The first-order valence-corrected chi connectivity index (χ1v) is 12.1. The molecule has 2 saturated heterocycles. The third-order valence-electron chi connectivity index (χ3n) is 6.96. The maximum Gasteiger partial charge on any atom is 0.254 e. The lowest BCUT2D eigenvalue weighted by Gasteiger charge is -2.35. The van der Waals surface area contributed by atoms with Gasteiger partial charge in [-0.25, -0.2) is 4.98 Å². The molecule has 1 aromatic heterocycles. The van der Waals surface area contributed by atoms with Crippen LogP contribution in [0.1, 0.15) is 40.4 Å².